The molecule has 1 aliphatic heterocycles. The third-order valence-electron chi connectivity index (χ3n) is 6.67. The van der Waals surface area contributed by atoms with Crippen LogP contribution in [0, 0.1) is 6.92 Å². The van der Waals surface area contributed by atoms with E-state index in [4.69, 9.17) is 4.52 Å². The summed E-state index contributed by atoms with van der Waals surface area (Å²) in [6, 6.07) is 8.73. The Morgan fingerprint density at radius 1 is 1.09 bits per heavy atom. The van der Waals surface area contributed by atoms with Crippen molar-refractivity contribution in [2.24, 2.45) is 0 Å². The monoisotopic (exact) mass is 460 g/mol. The Balaban J connectivity index is 1.34. The van der Waals surface area contributed by atoms with Crippen LogP contribution in [-0.2, 0) is 14.8 Å². The first-order chi connectivity index (χ1) is 15.3. The molecular weight excluding hydrogens is 428 g/mol. The van der Waals surface area contributed by atoms with Crippen LogP contribution in [0.15, 0.2) is 39.8 Å². The summed E-state index contributed by atoms with van der Waals surface area (Å²) in [5.74, 6) is 0.672. The maximum Gasteiger partial charge on any atom is 0.243 e. The summed E-state index contributed by atoms with van der Waals surface area (Å²) in [4.78, 5) is 14.8. The number of aromatic nitrogens is 1. The van der Waals surface area contributed by atoms with Gasteiger partial charge in [0, 0.05) is 32.2 Å². The smallest absolute Gasteiger partial charge is 0.243 e. The van der Waals surface area contributed by atoms with E-state index in [-0.39, 0.29) is 5.91 Å². The van der Waals surface area contributed by atoms with Crippen molar-refractivity contribution in [1.82, 2.24) is 14.4 Å². The van der Waals surface area contributed by atoms with Gasteiger partial charge in [-0.3, -0.25) is 15.0 Å². The number of nitrogens with zero attached hydrogens (tertiary/aromatic N) is 3. The number of sulfonamides is 1. The summed E-state index contributed by atoms with van der Waals surface area (Å²) in [5, 5.41) is 6.48. The summed E-state index contributed by atoms with van der Waals surface area (Å²) in [6.07, 6.45) is 6.19. The van der Waals surface area contributed by atoms with Gasteiger partial charge in [0.1, 0.15) is 0 Å². The quantitative estimate of drug-likeness (QED) is 0.710. The first kappa shape index (κ1) is 22.9. The predicted molar refractivity (Wildman–Crippen MR) is 122 cm³/mol. The molecule has 1 aromatic carbocycles. The molecule has 2 aliphatic rings. The predicted octanol–water partition coefficient (Wildman–Crippen LogP) is 3.36. The van der Waals surface area contributed by atoms with Gasteiger partial charge in [0.2, 0.25) is 21.8 Å². The molecule has 0 radical (unpaired) electrons. The van der Waals surface area contributed by atoms with Gasteiger partial charge < -0.3 is 4.52 Å². The summed E-state index contributed by atoms with van der Waals surface area (Å²) in [6.45, 7) is 5.28. The van der Waals surface area contributed by atoms with Crippen molar-refractivity contribution in [3.63, 3.8) is 0 Å². The van der Waals surface area contributed by atoms with Crippen LogP contribution in [0.2, 0.25) is 0 Å². The van der Waals surface area contributed by atoms with Gasteiger partial charge in [0.25, 0.3) is 0 Å². The molecular formula is C23H32N4O4S. The van der Waals surface area contributed by atoms with Crippen molar-refractivity contribution < 1.29 is 17.7 Å². The van der Waals surface area contributed by atoms with E-state index < -0.39 is 16.1 Å². The molecule has 4 rings (SSSR count). The average Bonchev–Trinajstić information content (AvgIpc) is 3.23. The second-order valence-corrected chi connectivity index (χ2v) is 10.8. The fourth-order valence-electron chi connectivity index (χ4n) is 4.64. The Labute approximate surface area is 190 Å². The lowest BCUT2D eigenvalue weighted by molar-refractivity contribution is -0.121. The molecule has 1 saturated carbocycles. The van der Waals surface area contributed by atoms with Gasteiger partial charge >= 0.3 is 0 Å². The van der Waals surface area contributed by atoms with Crippen molar-refractivity contribution in [3.8, 4) is 0 Å². The molecule has 1 amide bonds. The van der Waals surface area contributed by atoms with Crippen molar-refractivity contribution in [3.05, 3.63) is 41.6 Å². The standard InChI is InChI=1S/C23H32N4O4S/c1-17-16-22(31-25-17)24-23(28)18(2)26-12-14-27(15-13-26)32(29,30)21-10-8-20(9-11-21)19-6-4-3-5-7-19/h8-11,16,18-19H,3-7,12-15H2,1-2H3,(H,24,28)/t18-/m1/s1. The Hall–Kier alpha value is -2.23. The molecule has 1 saturated heterocycles. The highest BCUT2D eigenvalue weighted by atomic mass is 32.2. The molecule has 2 aromatic rings. The van der Waals surface area contributed by atoms with Crippen LogP contribution in [0.1, 0.15) is 56.2 Å². The summed E-state index contributed by atoms with van der Waals surface area (Å²) < 4.78 is 32.8. The first-order valence-electron chi connectivity index (χ1n) is 11.4. The van der Waals surface area contributed by atoms with E-state index >= 15 is 0 Å². The minimum Gasteiger partial charge on any atom is -0.338 e. The van der Waals surface area contributed by atoms with Gasteiger partial charge in [-0.25, -0.2) is 8.42 Å². The van der Waals surface area contributed by atoms with Crippen LogP contribution >= 0.6 is 0 Å². The highest BCUT2D eigenvalue weighted by Gasteiger charge is 2.32. The number of aryl methyl sites for hydroxylation is 1. The fraction of sp³-hybridized carbons (Fsp3) is 0.565. The molecule has 0 spiro atoms. The highest BCUT2D eigenvalue weighted by molar-refractivity contribution is 7.89. The van der Waals surface area contributed by atoms with E-state index in [2.05, 4.69) is 10.5 Å². The molecule has 174 valence electrons. The number of amides is 1. The normalized spacial score (nSPS) is 20.2. The maximum atomic E-state index is 13.1. The van der Waals surface area contributed by atoms with Gasteiger partial charge in [0.05, 0.1) is 16.6 Å². The van der Waals surface area contributed by atoms with Crippen LogP contribution in [0.4, 0.5) is 5.88 Å². The minimum atomic E-state index is -3.54. The molecule has 32 heavy (non-hydrogen) atoms. The largest absolute Gasteiger partial charge is 0.338 e. The number of carbonyl (C=O) groups is 1. The number of rotatable bonds is 6. The van der Waals surface area contributed by atoms with Crippen molar-refractivity contribution in [2.75, 3.05) is 31.5 Å². The van der Waals surface area contributed by atoms with Gasteiger partial charge in [-0.15, -0.1) is 0 Å². The lowest BCUT2D eigenvalue weighted by atomic mass is 9.84. The van der Waals surface area contributed by atoms with E-state index in [1.165, 1.54) is 42.0 Å². The summed E-state index contributed by atoms with van der Waals surface area (Å²) >= 11 is 0. The zero-order valence-electron chi connectivity index (χ0n) is 18.8. The molecule has 1 aliphatic carbocycles. The molecule has 1 aromatic heterocycles. The third-order valence-corrected chi connectivity index (χ3v) is 8.58. The Morgan fingerprint density at radius 3 is 2.34 bits per heavy atom. The number of nitrogens with one attached hydrogen (secondary N) is 1. The van der Waals surface area contributed by atoms with Crippen LogP contribution in [0.25, 0.3) is 0 Å². The molecule has 9 heteroatoms. The SMILES string of the molecule is Cc1cc(NC(=O)[C@@H](C)N2CCN(S(=O)(=O)c3ccc(C4CCCCC4)cc3)CC2)on1. The van der Waals surface area contributed by atoms with E-state index in [9.17, 15) is 13.2 Å². The number of anilines is 1. The fourth-order valence-corrected chi connectivity index (χ4v) is 6.06. The van der Waals surface area contributed by atoms with Gasteiger partial charge in [0.15, 0.2) is 0 Å². The highest BCUT2D eigenvalue weighted by Crippen LogP contribution is 2.33. The zero-order valence-corrected chi connectivity index (χ0v) is 19.6. The van der Waals surface area contributed by atoms with Crippen molar-refractivity contribution >= 4 is 21.8 Å². The Morgan fingerprint density at radius 2 is 1.75 bits per heavy atom. The molecule has 0 bridgehead atoms. The molecule has 1 atom stereocenters. The maximum absolute atomic E-state index is 13.1. The van der Waals surface area contributed by atoms with E-state index in [1.807, 2.05) is 24.0 Å². The minimum absolute atomic E-state index is 0.198. The Bertz CT molecular complexity index is 1020. The number of hydrogen-bond donors (Lipinski definition) is 1. The molecule has 8 nitrogen and oxygen atoms in total. The van der Waals surface area contributed by atoms with Crippen LogP contribution < -0.4 is 5.32 Å². The van der Waals surface area contributed by atoms with Gasteiger partial charge in [-0.2, -0.15) is 4.31 Å². The first-order valence-corrected chi connectivity index (χ1v) is 12.9. The number of carbonyl (C=O) groups excluding carboxylic acids is 1. The molecule has 0 unspecified atom stereocenters. The third kappa shape index (κ3) is 5.05. The van der Waals surface area contributed by atoms with Crippen LogP contribution in [0.3, 0.4) is 0 Å². The average molecular weight is 461 g/mol. The number of hydrogen-bond acceptors (Lipinski definition) is 6. The van der Waals surface area contributed by atoms with E-state index in [1.54, 1.807) is 25.1 Å². The second kappa shape index (κ2) is 9.72. The molecule has 1 N–H and O–H groups in total. The molecule has 2 heterocycles. The number of piperazine rings is 1. The summed E-state index contributed by atoms with van der Waals surface area (Å²) in [5.41, 5.74) is 1.94. The number of benzene rings is 1. The van der Waals surface area contributed by atoms with Gasteiger partial charge in [-0.05, 0) is 50.3 Å². The lowest BCUT2D eigenvalue weighted by Crippen LogP contribution is -2.53. The van der Waals surface area contributed by atoms with Crippen LogP contribution in [0.5, 0.6) is 0 Å². The van der Waals surface area contributed by atoms with E-state index in [0.717, 1.165) is 0 Å². The van der Waals surface area contributed by atoms with Crippen molar-refractivity contribution in [1.29, 1.82) is 0 Å². The zero-order chi connectivity index (χ0) is 22.7. The van der Waals surface area contributed by atoms with E-state index in [0.29, 0.717) is 48.6 Å². The van der Waals surface area contributed by atoms with Gasteiger partial charge in [-0.1, -0.05) is 36.6 Å². The van der Waals surface area contributed by atoms with Crippen LogP contribution in [-0.4, -0.2) is 60.9 Å². The van der Waals surface area contributed by atoms with Crippen molar-refractivity contribution in [2.45, 2.75) is 62.8 Å². The Kier molecular flexibility index (Phi) is 6.97. The molecule has 2 fully saturated rings. The topological polar surface area (TPSA) is 95.8 Å². The summed E-state index contributed by atoms with van der Waals surface area (Å²) in [7, 11) is -3.54. The lowest BCUT2D eigenvalue weighted by Gasteiger charge is -2.36. The second-order valence-electron chi connectivity index (χ2n) is 8.84.